The van der Waals surface area contributed by atoms with Gasteiger partial charge in [-0.15, -0.1) is 0 Å². The Labute approximate surface area is 159 Å². The van der Waals surface area contributed by atoms with Crippen molar-refractivity contribution >= 4 is 11.6 Å². The summed E-state index contributed by atoms with van der Waals surface area (Å²) in [6, 6.07) is 9.13. The van der Waals surface area contributed by atoms with Gasteiger partial charge in [0.1, 0.15) is 18.0 Å². The molecule has 0 saturated carbocycles. The van der Waals surface area contributed by atoms with Gasteiger partial charge in [0.2, 0.25) is 0 Å². The molecule has 28 heavy (non-hydrogen) atoms. The number of benzene rings is 1. The topological polar surface area (TPSA) is 67.2 Å². The van der Waals surface area contributed by atoms with E-state index in [-0.39, 0.29) is 17.9 Å². The van der Waals surface area contributed by atoms with E-state index >= 15 is 0 Å². The number of hydrogen-bond donors (Lipinski definition) is 0. The minimum Gasteiger partial charge on any atom is -0.352 e. The maximum absolute atomic E-state index is 13.9. The fourth-order valence-corrected chi connectivity index (χ4v) is 3.17. The third-order valence-electron chi connectivity index (χ3n) is 4.65. The Bertz CT molecular complexity index is 1020. The third kappa shape index (κ3) is 3.83. The molecule has 0 bridgehead atoms. The Kier molecular flexibility index (Phi) is 4.96. The molecule has 0 amide bonds. The largest absolute Gasteiger partial charge is 0.352 e. The summed E-state index contributed by atoms with van der Waals surface area (Å²) in [7, 11) is 0. The van der Waals surface area contributed by atoms with E-state index in [0.29, 0.717) is 37.8 Å². The zero-order chi connectivity index (χ0) is 19.5. The van der Waals surface area contributed by atoms with Crippen LogP contribution in [0.2, 0.25) is 0 Å². The van der Waals surface area contributed by atoms with Gasteiger partial charge in [-0.1, -0.05) is 12.1 Å². The first-order valence-electron chi connectivity index (χ1n) is 8.88. The maximum Gasteiger partial charge on any atom is 0.267 e. The molecule has 2 aromatic heterocycles. The van der Waals surface area contributed by atoms with Crippen molar-refractivity contribution in [2.45, 2.75) is 6.54 Å². The fraction of sp³-hybridized carbons (Fsp3) is 0.263. The molecule has 0 unspecified atom stereocenters. The van der Waals surface area contributed by atoms with Crippen molar-refractivity contribution in [2.24, 2.45) is 0 Å². The number of anilines is 2. The van der Waals surface area contributed by atoms with Gasteiger partial charge in [-0.3, -0.25) is 4.79 Å². The number of piperazine rings is 1. The van der Waals surface area contributed by atoms with E-state index in [1.54, 1.807) is 18.2 Å². The fourth-order valence-electron chi connectivity index (χ4n) is 3.17. The van der Waals surface area contributed by atoms with Crippen LogP contribution in [-0.4, -0.2) is 45.9 Å². The lowest BCUT2D eigenvalue weighted by atomic mass is 10.2. The SMILES string of the molecule is O=c1ccc(N2CCN(c3ncncc3F)CC2)nn1Cc1ccc(F)cc1. The molecule has 1 aliphatic heterocycles. The van der Waals surface area contributed by atoms with Crippen molar-refractivity contribution < 1.29 is 8.78 Å². The van der Waals surface area contributed by atoms with Crippen molar-refractivity contribution in [2.75, 3.05) is 36.0 Å². The number of hydrogen-bond acceptors (Lipinski definition) is 6. The van der Waals surface area contributed by atoms with Crippen LogP contribution in [0.15, 0.2) is 53.7 Å². The molecule has 144 valence electrons. The first-order valence-corrected chi connectivity index (χ1v) is 8.88. The second-order valence-electron chi connectivity index (χ2n) is 6.48. The zero-order valence-corrected chi connectivity index (χ0v) is 15.0. The van der Waals surface area contributed by atoms with Crippen molar-refractivity contribution in [3.63, 3.8) is 0 Å². The molecule has 0 atom stereocenters. The van der Waals surface area contributed by atoms with Crippen LogP contribution in [0, 0.1) is 11.6 Å². The van der Waals surface area contributed by atoms with Crippen LogP contribution in [0.1, 0.15) is 5.56 Å². The van der Waals surface area contributed by atoms with Gasteiger partial charge in [-0.2, -0.15) is 5.10 Å². The molecule has 9 heteroatoms. The highest BCUT2D eigenvalue weighted by Crippen LogP contribution is 2.18. The molecular formula is C19H18F2N6O. The molecule has 4 rings (SSSR count). The van der Waals surface area contributed by atoms with Gasteiger partial charge in [0.05, 0.1) is 12.7 Å². The van der Waals surface area contributed by atoms with Crippen LogP contribution < -0.4 is 15.4 Å². The summed E-state index contributed by atoms with van der Waals surface area (Å²) in [5.74, 6) is 0.200. The first kappa shape index (κ1) is 18.0. The number of rotatable bonds is 4. The highest BCUT2D eigenvalue weighted by atomic mass is 19.1. The van der Waals surface area contributed by atoms with Gasteiger partial charge in [-0.05, 0) is 23.8 Å². The molecule has 3 heterocycles. The number of nitrogens with zero attached hydrogens (tertiary/aromatic N) is 6. The van der Waals surface area contributed by atoms with E-state index in [4.69, 9.17) is 0 Å². The maximum atomic E-state index is 13.9. The summed E-state index contributed by atoms with van der Waals surface area (Å²) >= 11 is 0. The van der Waals surface area contributed by atoms with Crippen LogP contribution in [0.3, 0.4) is 0 Å². The summed E-state index contributed by atoms with van der Waals surface area (Å²) in [6.07, 6.45) is 2.49. The lowest BCUT2D eigenvalue weighted by molar-refractivity contribution is 0.572. The summed E-state index contributed by atoms with van der Waals surface area (Å²) in [4.78, 5) is 23.7. The Hall–Kier alpha value is -3.36. The minimum absolute atomic E-state index is 0.227. The molecule has 0 aliphatic carbocycles. The predicted molar refractivity (Wildman–Crippen MR) is 100 cm³/mol. The lowest BCUT2D eigenvalue weighted by Gasteiger charge is -2.36. The number of halogens is 2. The van der Waals surface area contributed by atoms with Crippen molar-refractivity contribution in [1.29, 1.82) is 0 Å². The van der Waals surface area contributed by atoms with Crippen molar-refractivity contribution in [3.8, 4) is 0 Å². The van der Waals surface area contributed by atoms with Gasteiger partial charge in [0.25, 0.3) is 5.56 Å². The minimum atomic E-state index is -0.443. The van der Waals surface area contributed by atoms with Gasteiger partial charge >= 0.3 is 0 Å². The van der Waals surface area contributed by atoms with E-state index in [2.05, 4.69) is 15.1 Å². The highest BCUT2D eigenvalue weighted by Gasteiger charge is 2.21. The van der Waals surface area contributed by atoms with Gasteiger partial charge < -0.3 is 9.80 Å². The molecule has 1 saturated heterocycles. The number of aromatic nitrogens is 4. The summed E-state index contributed by atoms with van der Waals surface area (Å²) in [6.45, 7) is 2.65. The first-order chi connectivity index (χ1) is 13.6. The van der Waals surface area contributed by atoms with Gasteiger partial charge in [-0.25, -0.2) is 23.4 Å². The van der Waals surface area contributed by atoms with E-state index in [0.717, 1.165) is 11.8 Å². The molecule has 0 N–H and O–H groups in total. The average molecular weight is 384 g/mol. The predicted octanol–water partition coefficient (Wildman–Crippen LogP) is 1.69. The monoisotopic (exact) mass is 384 g/mol. The van der Waals surface area contributed by atoms with Crippen molar-refractivity contribution in [1.82, 2.24) is 19.7 Å². The van der Waals surface area contributed by atoms with Gasteiger partial charge in [0, 0.05) is 32.2 Å². The van der Waals surface area contributed by atoms with E-state index in [1.165, 1.54) is 29.2 Å². The standard InChI is InChI=1S/C19H18F2N6O/c20-15-3-1-14(2-4-15)12-27-18(28)6-5-17(24-27)25-7-9-26(10-8-25)19-16(21)11-22-13-23-19/h1-6,11,13H,7-10,12H2. The molecule has 1 aliphatic rings. The van der Waals surface area contributed by atoms with E-state index in [1.807, 2.05) is 9.80 Å². The van der Waals surface area contributed by atoms with Crippen LogP contribution >= 0.6 is 0 Å². The Morgan fingerprint density at radius 3 is 2.36 bits per heavy atom. The second kappa shape index (κ2) is 7.71. The lowest BCUT2D eigenvalue weighted by Crippen LogP contribution is -2.47. The Balaban J connectivity index is 1.47. The molecule has 1 fully saturated rings. The molecule has 7 nitrogen and oxygen atoms in total. The Morgan fingerprint density at radius 2 is 1.64 bits per heavy atom. The Morgan fingerprint density at radius 1 is 0.929 bits per heavy atom. The van der Waals surface area contributed by atoms with Crippen LogP contribution in [0.4, 0.5) is 20.4 Å². The average Bonchev–Trinajstić information content (AvgIpc) is 2.72. The summed E-state index contributed by atoms with van der Waals surface area (Å²) in [5.41, 5.74) is 0.562. The van der Waals surface area contributed by atoms with Crippen LogP contribution in [0.5, 0.6) is 0 Å². The van der Waals surface area contributed by atoms with Crippen LogP contribution in [0.25, 0.3) is 0 Å². The molecular weight excluding hydrogens is 366 g/mol. The molecule has 0 spiro atoms. The quantitative estimate of drug-likeness (QED) is 0.682. The normalized spacial score (nSPS) is 14.4. The summed E-state index contributed by atoms with van der Waals surface area (Å²) < 4.78 is 28.3. The summed E-state index contributed by atoms with van der Waals surface area (Å²) in [5, 5.41) is 4.45. The van der Waals surface area contributed by atoms with E-state index in [9.17, 15) is 13.6 Å². The second-order valence-corrected chi connectivity index (χ2v) is 6.48. The van der Waals surface area contributed by atoms with Gasteiger partial charge in [0.15, 0.2) is 11.6 Å². The van der Waals surface area contributed by atoms with E-state index < -0.39 is 5.82 Å². The van der Waals surface area contributed by atoms with Crippen LogP contribution in [-0.2, 0) is 6.54 Å². The molecule has 1 aromatic carbocycles. The zero-order valence-electron chi connectivity index (χ0n) is 15.0. The van der Waals surface area contributed by atoms with Crippen molar-refractivity contribution in [3.05, 3.63) is 76.5 Å². The molecule has 3 aromatic rings. The smallest absolute Gasteiger partial charge is 0.267 e. The highest BCUT2D eigenvalue weighted by molar-refractivity contribution is 5.44. The molecule has 0 radical (unpaired) electrons. The third-order valence-corrected chi connectivity index (χ3v) is 4.65.